The Balaban J connectivity index is 1.79. The fraction of sp³-hybridized carbons (Fsp3) is 0.179. The Morgan fingerprint density at radius 1 is 0.960 bits per heavy atom. The van der Waals surface area contributed by atoms with Gasteiger partial charge in [-0.25, -0.2) is 39.6 Å². The Kier molecular flexibility index (Phi) is 9.29. The third-order valence-electron chi connectivity index (χ3n) is 7.31. The number of aromatic carboxylic acids is 1. The third kappa shape index (κ3) is 6.92. The smallest absolute Gasteiger partial charge is 0.363 e. The van der Waals surface area contributed by atoms with E-state index in [0.717, 1.165) is 36.4 Å². The van der Waals surface area contributed by atoms with Crippen molar-refractivity contribution in [3.63, 3.8) is 0 Å². The number of amides is 2. The van der Waals surface area contributed by atoms with E-state index in [-0.39, 0.29) is 40.0 Å². The normalized spacial score (nSPS) is 14.1. The molecule has 0 saturated carbocycles. The van der Waals surface area contributed by atoms with Crippen molar-refractivity contribution in [2.24, 2.45) is 0 Å². The summed E-state index contributed by atoms with van der Waals surface area (Å²) in [5.41, 5.74) is 2.79. The number of hydroxylamine groups is 2. The van der Waals surface area contributed by atoms with Crippen molar-refractivity contribution in [1.29, 1.82) is 5.41 Å². The molecule has 2 aromatic carbocycles. The molecule has 0 aromatic heterocycles. The SMILES string of the molecule is N=c1ccc2c(-c3ccc(C(=O)ON4C(=O)CCC4=O)cc3C(=O)O)c3ccc(N)c(S(=O)(=O)NCCCS(=O)(=O)[O-])c3oc-2c1S(=O)(=O)[O-]. The molecule has 264 valence electrons. The van der Waals surface area contributed by atoms with Gasteiger partial charge in [-0.2, -0.15) is 0 Å². The van der Waals surface area contributed by atoms with Crippen molar-refractivity contribution < 1.29 is 67.9 Å². The largest absolute Gasteiger partial charge is 0.748 e. The van der Waals surface area contributed by atoms with E-state index >= 15 is 0 Å². The van der Waals surface area contributed by atoms with Gasteiger partial charge >= 0.3 is 11.9 Å². The van der Waals surface area contributed by atoms with Crippen LogP contribution in [0.5, 0.6) is 0 Å². The molecule has 0 atom stereocenters. The number of nitrogens with one attached hydrogen (secondary N) is 2. The Bertz CT molecular complexity index is 2490. The average molecular weight is 751 g/mol. The first kappa shape index (κ1) is 36.0. The van der Waals surface area contributed by atoms with Gasteiger partial charge in [0.25, 0.3) is 11.8 Å². The first-order chi connectivity index (χ1) is 23.2. The molecule has 5 N–H and O–H groups in total. The first-order valence-electron chi connectivity index (χ1n) is 13.9. The number of anilines is 1. The number of carboxylic acids is 1. The van der Waals surface area contributed by atoms with Gasteiger partial charge in [0.15, 0.2) is 11.3 Å². The van der Waals surface area contributed by atoms with Gasteiger partial charge in [0.05, 0.1) is 32.3 Å². The lowest BCUT2D eigenvalue weighted by atomic mass is 9.89. The molecule has 2 aliphatic heterocycles. The molecule has 3 aliphatic rings. The number of sulfonamides is 1. The van der Waals surface area contributed by atoms with Crippen LogP contribution in [0.3, 0.4) is 0 Å². The van der Waals surface area contributed by atoms with Crippen molar-refractivity contribution in [2.75, 3.05) is 18.0 Å². The van der Waals surface area contributed by atoms with Crippen LogP contribution >= 0.6 is 0 Å². The minimum atomic E-state index is -5.53. The zero-order valence-corrected chi connectivity index (χ0v) is 27.4. The molecule has 2 amide bonds. The highest BCUT2D eigenvalue weighted by atomic mass is 32.2. The van der Waals surface area contributed by atoms with Crippen molar-refractivity contribution in [2.45, 2.75) is 29.1 Å². The van der Waals surface area contributed by atoms with Crippen LogP contribution in [0, 0.1) is 5.41 Å². The summed E-state index contributed by atoms with van der Waals surface area (Å²) in [6.07, 6.45) is -0.893. The summed E-state index contributed by atoms with van der Waals surface area (Å²) >= 11 is 0. The summed E-state index contributed by atoms with van der Waals surface area (Å²) in [7, 11) is -15.0. The summed E-state index contributed by atoms with van der Waals surface area (Å²) in [6.45, 7) is -0.591. The molecule has 0 bridgehead atoms. The standard InChI is InChI=1S/C28H24N4O15S3/c29-18-6-4-15-22(14-3-2-13(12-17(14)27(35)36)28(37)47-32-20(33)8-9-21(32)34)16-5-7-19(30)26(50(43,44)45)24(16)46-23(15)25(18)49(41,42)31-10-1-11-48(38,39)40/h2-7,12,30-31H,1,8-11,29H2,(H,35,36)(H,38,39,40)(H,43,44,45)/p-2. The Morgan fingerprint density at radius 3 is 2.20 bits per heavy atom. The number of benzene rings is 3. The van der Waals surface area contributed by atoms with E-state index < -0.39 is 116 Å². The van der Waals surface area contributed by atoms with Gasteiger partial charge in [-0.3, -0.25) is 15.0 Å². The van der Waals surface area contributed by atoms with Crippen LogP contribution in [-0.2, 0) is 44.7 Å². The molecule has 1 saturated heterocycles. The van der Waals surface area contributed by atoms with Gasteiger partial charge in [-0.05, 0) is 48.4 Å². The first-order valence-corrected chi connectivity index (χ1v) is 18.4. The fourth-order valence-electron chi connectivity index (χ4n) is 5.19. The van der Waals surface area contributed by atoms with Gasteiger partial charge in [0.1, 0.15) is 19.9 Å². The van der Waals surface area contributed by atoms with Gasteiger partial charge in [-0.1, -0.05) is 6.07 Å². The van der Waals surface area contributed by atoms with Crippen molar-refractivity contribution in [1.82, 2.24) is 9.79 Å². The summed E-state index contributed by atoms with van der Waals surface area (Å²) < 4.78 is 105. The summed E-state index contributed by atoms with van der Waals surface area (Å²) in [6, 6.07) is 7.14. The maximum Gasteiger partial charge on any atom is 0.363 e. The van der Waals surface area contributed by atoms with Gasteiger partial charge in [0.2, 0.25) is 10.0 Å². The van der Waals surface area contributed by atoms with Crippen molar-refractivity contribution in [3.05, 3.63) is 58.9 Å². The fourth-order valence-corrected chi connectivity index (χ4v) is 7.73. The van der Waals surface area contributed by atoms with Gasteiger partial charge in [0, 0.05) is 41.7 Å². The maximum absolute atomic E-state index is 13.5. The number of carbonyl (C=O) groups excluding carboxylic acids is 3. The van der Waals surface area contributed by atoms with Crippen LogP contribution in [0.1, 0.15) is 40.0 Å². The minimum Gasteiger partial charge on any atom is -0.748 e. The Morgan fingerprint density at radius 2 is 1.60 bits per heavy atom. The lowest BCUT2D eigenvalue weighted by Crippen LogP contribution is -2.32. The van der Waals surface area contributed by atoms with Crippen LogP contribution in [0.4, 0.5) is 5.69 Å². The second-order valence-electron chi connectivity index (χ2n) is 10.6. The summed E-state index contributed by atoms with van der Waals surface area (Å²) in [5.74, 6) is -6.38. The second kappa shape index (κ2) is 12.9. The van der Waals surface area contributed by atoms with Crippen molar-refractivity contribution in [3.8, 4) is 22.5 Å². The molecule has 1 fully saturated rings. The number of fused-ring (bicyclic) bond motifs is 2. The van der Waals surface area contributed by atoms with E-state index in [2.05, 4.69) is 0 Å². The van der Waals surface area contributed by atoms with Gasteiger partial charge in [-0.15, -0.1) is 5.06 Å². The molecular formula is C28H22N4O15S3-2. The van der Waals surface area contributed by atoms with E-state index in [0.29, 0.717) is 0 Å². The third-order valence-corrected chi connectivity index (χ3v) is 10.6. The number of hydrogen-bond donors (Lipinski definition) is 4. The molecule has 19 nitrogen and oxygen atoms in total. The lowest BCUT2D eigenvalue weighted by Gasteiger charge is -2.22. The summed E-state index contributed by atoms with van der Waals surface area (Å²) in [4.78, 5) is 52.1. The average Bonchev–Trinajstić information content (AvgIpc) is 3.32. The van der Waals surface area contributed by atoms with Crippen molar-refractivity contribution >= 4 is 70.7 Å². The predicted octanol–water partition coefficient (Wildman–Crippen LogP) is 0.303. The van der Waals surface area contributed by atoms with E-state index in [1.54, 1.807) is 0 Å². The number of nitrogen functional groups attached to an aromatic ring is 1. The zero-order valence-electron chi connectivity index (χ0n) is 25.0. The van der Waals surface area contributed by atoms with Crippen LogP contribution in [0.2, 0.25) is 0 Å². The van der Waals surface area contributed by atoms with Crippen LogP contribution in [0.25, 0.3) is 33.4 Å². The van der Waals surface area contributed by atoms with Crippen LogP contribution < -0.4 is 15.8 Å². The second-order valence-corrected chi connectivity index (χ2v) is 15.2. The number of imide groups is 1. The minimum absolute atomic E-state index is 0.217. The molecule has 2 heterocycles. The van der Waals surface area contributed by atoms with E-state index in [1.165, 1.54) is 6.07 Å². The summed E-state index contributed by atoms with van der Waals surface area (Å²) in [5, 5.41) is 17.5. The molecule has 22 heteroatoms. The van der Waals surface area contributed by atoms with Crippen LogP contribution in [0.15, 0.2) is 56.7 Å². The molecule has 5 rings (SSSR count). The number of carboxylic acid groups (broad SMARTS) is 1. The van der Waals surface area contributed by atoms with E-state index in [4.69, 9.17) is 20.4 Å². The Labute approximate surface area is 281 Å². The molecule has 0 spiro atoms. The highest BCUT2D eigenvalue weighted by Crippen LogP contribution is 2.45. The number of nitrogens with two attached hydrogens (primary N) is 1. The monoisotopic (exact) mass is 750 g/mol. The highest BCUT2D eigenvalue weighted by molar-refractivity contribution is 7.90. The number of rotatable bonds is 11. The molecule has 2 aromatic rings. The number of hydrogen-bond acceptors (Lipinski definition) is 16. The molecule has 0 unspecified atom stereocenters. The molecule has 0 radical (unpaired) electrons. The quantitative estimate of drug-likeness (QED) is 0.0526. The topological polar surface area (TPSA) is 325 Å². The zero-order chi connectivity index (χ0) is 36.9. The van der Waals surface area contributed by atoms with E-state index in [1.807, 2.05) is 4.72 Å². The number of carbonyl (C=O) groups is 4. The van der Waals surface area contributed by atoms with Gasteiger partial charge < -0.3 is 29.2 Å². The lowest BCUT2D eigenvalue weighted by molar-refractivity contribution is -0.172. The van der Waals surface area contributed by atoms with Crippen LogP contribution in [-0.4, -0.2) is 80.6 Å². The molecular weight excluding hydrogens is 729 g/mol. The molecule has 1 aliphatic carbocycles. The Hall–Kier alpha value is -5.26. The number of nitrogens with zero attached hydrogens (tertiary/aromatic N) is 1. The van der Waals surface area contributed by atoms with E-state index in [9.17, 15) is 58.6 Å². The molecule has 50 heavy (non-hydrogen) atoms. The highest BCUT2D eigenvalue weighted by Gasteiger charge is 2.34. The maximum atomic E-state index is 13.5. The predicted molar refractivity (Wildman–Crippen MR) is 164 cm³/mol.